The van der Waals surface area contributed by atoms with Crippen LogP contribution in [0, 0.1) is 11.8 Å². The Hall–Kier alpha value is -1.32. The number of hydrogen-bond acceptors (Lipinski definition) is 3. The van der Waals surface area contributed by atoms with Crippen LogP contribution in [0.1, 0.15) is 67.8 Å². The minimum Gasteiger partial charge on any atom is -0.360 e. The first-order valence-corrected chi connectivity index (χ1v) is 7.93. The van der Waals surface area contributed by atoms with Crippen molar-refractivity contribution in [3.63, 3.8) is 0 Å². The fourth-order valence-corrected chi connectivity index (χ4v) is 3.52. The standard InChI is InChI=1S/C16H24N2O2/c1-10-7-8-14-12(9-10)15(18-20-14)16(19)17-13-6-4-3-5-11(13)2/h10-11,13H,3-9H2,1-2H3,(H,17,19)/t10-,11-,13-/m0/s1. The minimum absolute atomic E-state index is 0.0390. The number of carbonyl (C=O) groups excluding carboxylic acids is 1. The predicted octanol–water partition coefficient (Wildman–Crippen LogP) is 3.11. The maximum Gasteiger partial charge on any atom is 0.273 e. The van der Waals surface area contributed by atoms with Crippen molar-refractivity contribution in [2.75, 3.05) is 0 Å². The summed E-state index contributed by atoms with van der Waals surface area (Å²) < 4.78 is 5.36. The van der Waals surface area contributed by atoms with Crippen molar-refractivity contribution in [1.82, 2.24) is 10.5 Å². The third-order valence-corrected chi connectivity index (χ3v) is 4.93. The number of nitrogens with one attached hydrogen (secondary N) is 1. The molecule has 0 bridgehead atoms. The molecule has 1 aromatic rings. The molecule has 4 nitrogen and oxygen atoms in total. The van der Waals surface area contributed by atoms with E-state index in [2.05, 4.69) is 24.3 Å². The first-order chi connectivity index (χ1) is 9.65. The van der Waals surface area contributed by atoms with Gasteiger partial charge in [0.2, 0.25) is 0 Å². The smallest absolute Gasteiger partial charge is 0.273 e. The quantitative estimate of drug-likeness (QED) is 0.903. The van der Waals surface area contributed by atoms with E-state index >= 15 is 0 Å². The number of hydrogen-bond donors (Lipinski definition) is 1. The van der Waals surface area contributed by atoms with Crippen LogP contribution in [-0.4, -0.2) is 17.1 Å². The van der Waals surface area contributed by atoms with Gasteiger partial charge in [-0.15, -0.1) is 0 Å². The zero-order chi connectivity index (χ0) is 14.1. The summed E-state index contributed by atoms with van der Waals surface area (Å²) in [5, 5.41) is 7.21. The number of aryl methyl sites for hydroxylation is 1. The fourth-order valence-electron chi connectivity index (χ4n) is 3.52. The molecule has 1 heterocycles. The van der Waals surface area contributed by atoms with E-state index in [4.69, 9.17) is 4.52 Å². The largest absolute Gasteiger partial charge is 0.360 e. The molecule has 110 valence electrons. The van der Waals surface area contributed by atoms with Gasteiger partial charge in [0.15, 0.2) is 5.69 Å². The molecule has 1 aromatic heterocycles. The number of carbonyl (C=O) groups is 1. The van der Waals surface area contributed by atoms with E-state index in [-0.39, 0.29) is 5.91 Å². The Morgan fingerprint density at radius 3 is 2.85 bits per heavy atom. The molecule has 1 fully saturated rings. The lowest BCUT2D eigenvalue weighted by Crippen LogP contribution is -2.41. The average molecular weight is 276 g/mol. The summed E-state index contributed by atoms with van der Waals surface area (Å²) >= 11 is 0. The van der Waals surface area contributed by atoms with Gasteiger partial charge in [-0.1, -0.05) is 31.8 Å². The van der Waals surface area contributed by atoms with E-state index in [1.807, 2.05) is 0 Å². The van der Waals surface area contributed by atoms with Crippen LogP contribution in [0.5, 0.6) is 0 Å². The normalized spacial score (nSPS) is 29.8. The predicted molar refractivity (Wildman–Crippen MR) is 76.6 cm³/mol. The van der Waals surface area contributed by atoms with E-state index in [9.17, 15) is 4.79 Å². The Bertz CT molecular complexity index is 495. The van der Waals surface area contributed by atoms with Gasteiger partial charge in [0.1, 0.15) is 5.76 Å². The Morgan fingerprint density at radius 2 is 2.05 bits per heavy atom. The number of fused-ring (bicyclic) bond motifs is 1. The van der Waals surface area contributed by atoms with Gasteiger partial charge in [-0.3, -0.25) is 4.79 Å². The molecule has 1 amide bonds. The maximum absolute atomic E-state index is 12.5. The highest BCUT2D eigenvalue weighted by Gasteiger charge is 2.29. The Balaban J connectivity index is 1.73. The van der Waals surface area contributed by atoms with Crippen molar-refractivity contribution in [3.05, 3.63) is 17.0 Å². The van der Waals surface area contributed by atoms with Crippen LogP contribution in [0.15, 0.2) is 4.52 Å². The van der Waals surface area contributed by atoms with Crippen LogP contribution in [0.2, 0.25) is 0 Å². The molecule has 0 spiro atoms. The van der Waals surface area contributed by atoms with Gasteiger partial charge in [-0.05, 0) is 37.5 Å². The summed E-state index contributed by atoms with van der Waals surface area (Å²) in [6, 6.07) is 0.296. The zero-order valence-electron chi connectivity index (χ0n) is 12.4. The van der Waals surface area contributed by atoms with E-state index in [1.54, 1.807) is 0 Å². The van der Waals surface area contributed by atoms with Crippen LogP contribution >= 0.6 is 0 Å². The molecule has 0 saturated heterocycles. The van der Waals surface area contributed by atoms with E-state index in [1.165, 1.54) is 19.3 Å². The molecule has 0 aromatic carbocycles. The van der Waals surface area contributed by atoms with Crippen LogP contribution < -0.4 is 5.32 Å². The van der Waals surface area contributed by atoms with Crippen LogP contribution in [0.4, 0.5) is 0 Å². The molecule has 2 aliphatic rings. The molecule has 0 radical (unpaired) electrons. The summed E-state index contributed by atoms with van der Waals surface area (Å²) in [4.78, 5) is 12.5. The second-order valence-corrected chi connectivity index (χ2v) is 6.62. The van der Waals surface area contributed by atoms with Crippen LogP contribution in [-0.2, 0) is 12.8 Å². The van der Waals surface area contributed by atoms with E-state index in [0.717, 1.165) is 37.0 Å². The van der Waals surface area contributed by atoms with Crippen molar-refractivity contribution in [1.29, 1.82) is 0 Å². The third-order valence-electron chi connectivity index (χ3n) is 4.93. The topological polar surface area (TPSA) is 55.1 Å². The maximum atomic E-state index is 12.5. The SMILES string of the molecule is C[C@H]1CCc2onc(C(=O)N[C@H]3CCCC[C@@H]3C)c2C1. The van der Waals surface area contributed by atoms with Gasteiger partial charge in [0.05, 0.1) is 0 Å². The van der Waals surface area contributed by atoms with Gasteiger partial charge in [-0.2, -0.15) is 0 Å². The molecule has 0 aliphatic heterocycles. The van der Waals surface area contributed by atoms with Gasteiger partial charge < -0.3 is 9.84 Å². The summed E-state index contributed by atoms with van der Waals surface area (Å²) in [6.45, 7) is 4.45. The second-order valence-electron chi connectivity index (χ2n) is 6.62. The summed E-state index contributed by atoms with van der Waals surface area (Å²) in [5.41, 5.74) is 1.58. The van der Waals surface area contributed by atoms with Crippen molar-refractivity contribution < 1.29 is 9.32 Å². The highest BCUT2D eigenvalue weighted by molar-refractivity contribution is 5.94. The Morgan fingerprint density at radius 1 is 1.25 bits per heavy atom. The van der Waals surface area contributed by atoms with Gasteiger partial charge >= 0.3 is 0 Å². The number of aromatic nitrogens is 1. The summed E-state index contributed by atoms with van der Waals surface area (Å²) in [6.07, 6.45) is 7.75. The van der Waals surface area contributed by atoms with Gasteiger partial charge in [0, 0.05) is 18.0 Å². The molecule has 3 atom stereocenters. The number of nitrogens with zero attached hydrogens (tertiary/aromatic N) is 1. The lowest BCUT2D eigenvalue weighted by molar-refractivity contribution is 0.0900. The molecule has 2 aliphatic carbocycles. The van der Waals surface area contributed by atoms with Crippen LogP contribution in [0.3, 0.4) is 0 Å². The third kappa shape index (κ3) is 2.60. The van der Waals surface area contributed by atoms with Crippen LogP contribution in [0.25, 0.3) is 0 Å². The molecule has 20 heavy (non-hydrogen) atoms. The van der Waals surface area contributed by atoms with Gasteiger partial charge in [0.25, 0.3) is 5.91 Å². The second kappa shape index (κ2) is 5.58. The minimum atomic E-state index is -0.0390. The highest BCUT2D eigenvalue weighted by atomic mass is 16.5. The van der Waals surface area contributed by atoms with Gasteiger partial charge in [-0.25, -0.2) is 0 Å². The van der Waals surface area contributed by atoms with E-state index < -0.39 is 0 Å². The average Bonchev–Trinajstić information content (AvgIpc) is 2.84. The first kappa shape index (κ1) is 13.7. The highest BCUT2D eigenvalue weighted by Crippen LogP contribution is 2.29. The molecule has 4 heteroatoms. The molecular formula is C16H24N2O2. The molecular weight excluding hydrogens is 252 g/mol. The lowest BCUT2D eigenvalue weighted by atomic mass is 9.85. The fraction of sp³-hybridized carbons (Fsp3) is 0.750. The van der Waals surface area contributed by atoms with Crippen molar-refractivity contribution in [2.24, 2.45) is 11.8 Å². The zero-order valence-corrected chi connectivity index (χ0v) is 12.4. The lowest BCUT2D eigenvalue weighted by Gasteiger charge is -2.29. The molecule has 1 N–H and O–H groups in total. The number of rotatable bonds is 2. The molecule has 1 saturated carbocycles. The van der Waals surface area contributed by atoms with E-state index in [0.29, 0.717) is 23.6 Å². The Kier molecular flexibility index (Phi) is 3.81. The van der Waals surface area contributed by atoms with Crippen molar-refractivity contribution in [3.8, 4) is 0 Å². The first-order valence-electron chi connectivity index (χ1n) is 7.93. The van der Waals surface area contributed by atoms with Crippen molar-refractivity contribution >= 4 is 5.91 Å². The number of amides is 1. The Labute approximate surface area is 120 Å². The van der Waals surface area contributed by atoms with Crippen molar-refractivity contribution in [2.45, 2.75) is 64.8 Å². The monoisotopic (exact) mass is 276 g/mol. The summed E-state index contributed by atoms with van der Waals surface area (Å²) in [7, 11) is 0. The molecule has 3 rings (SSSR count). The molecule has 0 unspecified atom stereocenters. The summed E-state index contributed by atoms with van der Waals surface area (Å²) in [5.74, 6) is 2.06.